The van der Waals surface area contributed by atoms with Gasteiger partial charge >= 0.3 is 0 Å². The average Bonchev–Trinajstić information content (AvgIpc) is 2.89. The van der Waals surface area contributed by atoms with Crippen LogP contribution in [0.5, 0.6) is 0 Å². The molecular weight excluding hydrogens is 238 g/mol. The highest BCUT2D eigenvalue weighted by Crippen LogP contribution is 2.28. The number of hydrogen-bond acceptors (Lipinski definition) is 2. The van der Waals surface area contributed by atoms with Crippen molar-refractivity contribution >= 4 is 5.91 Å². The lowest BCUT2D eigenvalue weighted by molar-refractivity contribution is -0.130. The van der Waals surface area contributed by atoms with Gasteiger partial charge in [0.05, 0.1) is 6.10 Å². The summed E-state index contributed by atoms with van der Waals surface area (Å²) in [5.41, 5.74) is 0. The third-order valence-electron chi connectivity index (χ3n) is 4.99. The van der Waals surface area contributed by atoms with Gasteiger partial charge in [0.2, 0.25) is 5.91 Å². The Hall–Kier alpha value is -0.570. The largest absolute Gasteiger partial charge is 0.393 e. The van der Waals surface area contributed by atoms with E-state index in [1.54, 1.807) is 0 Å². The first-order valence-electron chi connectivity index (χ1n) is 8.12. The average molecular weight is 267 g/mol. The van der Waals surface area contributed by atoms with Crippen LogP contribution in [0.3, 0.4) is 0 Å². The van der Waals surface area contributed by atoms with E-state index in [9.17, 15) is 9.90 Å². The maximum atomic E-state index is 12.1. The van der Waals surface area contributed by atoms with E-state index >= 15 is 0 Å². The second kappa shape index (κ2) is 7.28. The second-order valence-corrected chi connectivity index (χ2v) is 6.53. The van der Waals surface area contributed by atoms with Crippen LogP contribution in [0, 0.1) is 11.8 Å². The Bertz CT molecular complexity index is 284. The Morgan fingerprint density at radius 1 is 1.26 bits per heavy atom. The lowest BCUT2D eigenvalue weighted by Gasteiger charge is -2.22. The van der Waals surface area contributed by atoms with Crippen LogP contribution in [-0.2, 0) is 4.79 Å². The molecule has 1 aliphatic heterocycles. The molecule has 2 unspecified atom stereocenters. The Morgan fingerprint density at radius 3 is 2.63 bits per heavy atom. The van der Waals surface area contributed by atoms with Gasteiger partial charge in [-0.05, 0) is 32.1 Å². The predicted molar refractivity (Wildman–Crippen MR) is 76.8 cm³/mol. The molecule has 0 aromatic carbocycles. The van der Waals surface area contributed by atoms with Crippen molar-refractivity contribution in [2.75, 3.05) is 13.1 Å². The standard InChI is InChI=1S/C16H29NO2/c1-13(18)15-10-11-17(12-15)16(19)9-5-8-14-6-3-2-4-7-14/h13-15,18H,2-12H2,1H3. The van der Waals surface area contributed by atoms with Gasteiger partial charge in [0.25, 0.3) is 0 Å². The van der Waals surface area contributed by atoms with Crippen molar-refractivity contribution < 1.29 is 9.90 Å². The number of carbonyl (C=O) groups is 1. The Labute approximate surface area is 117 Å². The summed E-state index contributed by atoms with van der Waals surface area (Å²) in [5.74, 6) is 1.48. The van der Waals surface area contributed by atoms with Gasteiger partial charge in [-0.1, -0.05) is 32.1 Å². The van der Waals surface area contributed by atoms with E-state index in [1.165, 1.54) is 38.5 Å². The van der Waals surface area contributed by atoms with Crippen molar-refractivity contribution in [2.45, 2.75) is 70.8 Å². The Balaban J connectivity index is 1.62. The molecule has 2 atom stereocenters. The van der Waals surface area contributed by atoms with Gasteiger partial charge in [0, 0.05) is 25.4 Å². The van der Waals surface area contributed by atoms with E-state index in [4.69, 9.17) is 0 Å². The van der Waals surface area contributed by atoms with E-state index in [0.29, 0.717) is 18.2 Å². The number of amides is 1. The molecule has 1 amide bonds. The second-order valence-electron chi connectivity index (χ2n) is 6.53. The lowest BCUT2D eigenvalue weighted by atomic mass is 9.86. The molecule has 0 radical (unpaired) electrons. The molecule has 1 aliphatic carbocycles. The van der Waals surface area contributed by atoms with Crippen molar-refractivity contribution in [3.63, 3.8) is 0 Å². The van der Waals surface area contributed by atoms with Gasteiger partial charge in [0.1, 0.15) is 0 Å². The fraction of sp³-hybridized carbons (Fsp3) is 0.938. The third kappa shape index (κ3) is 4.48. The molecule has 1 saturated heterocycles. The number of rotatable bonds is 5. The summed E-state index contributed by atoms with van der Waals surface area (Å²) in [7, 11) is 0. The molecule has 3 nitrogen and oxygen atoms in total. The van der Waals surface area contributed by atoms with Gasteiger partial charge in [-0.3, -0.25) is 4.79 Å². The number of hydrogen-bond donors (Lipinski definition) is 1. The topological polar surface area (TPSA) is 40.5 Å². The zero-order valence-corrected chi connectivity index (χ0v) is 12.3. The van der Waals surface area contributed by atoms with Crippen LogP contribution in [0.25, 0.3) is 0 Å². The first-order valence-corrected chi connectivity index (χ1v) is 8.12. The smallest absolute Gasteiger partial charge is 0.222 e. The molecule has 1 saturated carbocycles. The minimum Gasteiger partial charge on any atom is -0.393 e. The van der Waals surface area contributed by atoms with E-state index in [0.717, 1.165) is 31.8 Å². The molecule has 0 aromatic rings. The van der Waals surface area contributed by atoms with Gasteiger partial charge in [-0.2, -0.15) is 0 Å². The van der Waals surface area contributed by atoms with Crippen molar-refractivity contribution in [1.29, 1.82) is 0 Å². The molecule has 3 heteroatoms. The zero-order chi connectivity index (χ0) is 13.7. The molecule has 1 N–H and O–H groups in total. The van der Waals surface area contributed by atoms with Gasteiger partial charge in [0.15, 0.2) is 0 Å². The van der Waals surface area contributed by atoms with E-state index < -0.39 is 0 Å². The van der Waals surface area contributed by atoms with Gasteiger partial charge < -0.3 is 10.0 Å². The molecule has 110 valence electrons. The predicted octanol–water partition coefficient (Wildman–Crippen LogP) is 2.97. The quantitative estimate of drug-likeness (QED) is 0.832. The summed E-state index contributed by atoms with van der Waals surface area (Å²) in [5, 5.41) is 9.56. The third-order valence-corrected chi connectivity index (χ3v) is 4.99. The van der Waals surface area contributed by atoms with Gasteiger partial charge in [-0.25, -0.2) is 0 Å². The highest BCUT2D eigenvalue weighted by Gasteiger charge is 2.28. The van der Waals surface area contributed by atoms with Crippen LogP contribution in [0.4, 0.5) is 0 Å². The summed E-state index contributed by atoms with van der Waals surface area (Å²) >= 11 is 0. The molecule has 0 spiro atoms. The van der Waals surface area contributed by atoms with Crippen LogP contribution in [0.2, 0.25) is 0 Å². The number of aliphatic hydroxyl groups is 1. The molecule has 2 rings (SSSR count). The molecule has 0 aromatic heterocycles. The van der Waals surface area contributed by atoms with Crippen LogP contribution in [-0.4, -0.2) is 35.1 Å². The number of likely N-dealkylation sites (tertiary alicyclic amines) is 1. The summed E-state index contributed by atoms with van der Waals surface area (Å²) < 4.78 is 0. The number of carbonyl (C=O) groups excluding carboxylic acids is 1. The number of aliphatic hydroxyl groups excluding tert-OH is 1. The van der Waals surface area contributed by atoms with Crippen LogP contribution in [0.15, 0.2) is 0 Å². The van der Waals surface area contributed by atoms with E-state index in [1.807, 2.05) is 11.8 Å². The van der Waals surface area contributed by atoms with Crippen molar-refractivity contribution in [1.82, 2.24) is 4.90 Å². The molecule has 2 aliphatic rings. The molecule has 2 fully saturated rings. The van der Waals surface area contributed by atoms with E-state index in [-0.39, 0.29) is 6.10 Å². The summed E-state index contributed by atoms with van der Waals surface area (Å²) in [6.07, 6.45) is 10.6. The fourth-order valence-corrected chi connectivity index (χ4v) is 3.58. The van der Waals surface area contributed by atoms with Crippen LogP contribution >= 0.6 is 0 Å². The van der Waals surface area contributed by atoms with Crippen molar-refractivity contribution in [3.05, 3.63) is 0 Å². The first kappa shape index (κ1) is 14.8. The first-order chi connectivity index (χ1) is 9.16. The van der Waals surface area contributed by atoms with Crippen molar-refractivity contribution in [3.8, 4) is 0 Å². The molecule has 19 heavy (non-hydrogen) atoms. The van der Waals surface area contributed by atoms with Crippen LogP contribution < -0.4 is 0 Å². The SMILES string of the molecule is CC(O)C1CCN(C(=O)CCCC2CCCCC2)C1. The summed E-state index contributed by atoms with van der Waals surface area (Å²) in [4.78, 5) is 14.1. The Kier molecular flexibility index (Phi) is 5.68. The fourth-order valence-electron chi connectivity index (χ4n) is 3.58. The van der Waals surface area contributed by atoms with Gasteiger partial charge in [-0.15, -0.1) is 0 Å². The van der Waals surface area contributed by atoms with Crippen LogP contribution in [0.1, 0.15) is 64.7 Å². The maximum Gasteiger partial charge on any atom is 0.222 e. The Morgan fingerprint density at radius 2 is 2.00 bits per heavy atom. The molecule has 1 heterocycles. The highest BCUT2D eigenvalue weighted by molar-refractivity contribution is 5.76. The highest BCUT2D eigenvalue weighted by atomic mass is 16.3. The summed E-state index contributed by atoms with van der Waals surface area (Å²) in [6.45, 7) is 3.44. The zero-order valence-electron chi connectivity index (χ0n) is 12.3. The minimum absolute atomic E-state index is 0.278. The van der Waals surface area contributed by atoms with E-state index in [2.05, 4.69) is 0 Å². The summed E-state index contributed by atoms with van der Waals surface area (Å²) in [6, 6.07) is 0. The normalized spacial score (nSPS) is 26.6. The minimum atomic E-state index is -0.278. The number of nitrogens with zero attached hydrogens (tertiary/aromatic N) is 1. The monoisotopic (exact) mass is 267 g/mol. The van der Waals surface area contributed by atoms with Crippen molar-refractivity contribution in [2.24, 2.45) is 11.8 Å². The maximum absolute atomic E-state index is 12.1. The molecular formula is C16H29NO2. The lowest BCUT2D eigenvalue weighted by Crippen LogP contribution is -2.30. The molecule has 0 bridgehead atoms.